The van der Waals surface area contributed by atoms with Crippen LogP contribution in [0, 0.1) is 0 Å². The molecule has 0 unspecified atom stereocenters. The van der Waals surface area contributed by atoms with E-state index >= 15 is 0 Å². The van der Waals surface area contributed by atoms with Gasteiger partial charge in [-0.25, -0.2) is 0 Å². The summed E-state index contributed by atoms with van der Waals surface area (Å²) in [7, 11) is 1.47. The molecule has 0 atom stereocenters. The van der Waals surface area contributed by atoms with Crippen molar-refractivity contribution in [3.05, 3.63) is 0 Å². The monoisotopic (exact) mass is 398 g/mol. The third-order valence-corrected chi connectivity index (χ3v) is 5.42. The molecule has 0 radical (unpaired) electrons. The van der Waals surface area contributed by atoms with Crippen molar-refractivity contribution in [2.24, 2.45) is 0 Å². The van der Waals surface area contributed by atoms with Crippen molar-refractivity contribution in [2.45, 2.75) is 156 Å². The van der Waals surface area contributed by atoms with Crippen LogP contribution in [-0.2, 0) is 9.53 Å². The lowest BCUT2D eigenvalue weighted by atomic mass is 10.0. The summed E-state index contributed by atoms with van der Waals surface area (Å²) in [6.07, 6.45) is 27.9. The summed E-state index contributed by atoms with van der Waals surface area (Å²) in [4.78, 5) is 10.9. The minimum absolute atomic E-state index is 0.0651. The first-order valence-corrected chi connectivity index (χ1v) is 12.8. The maximum atomic E-state index is 10.9. The molecule has 0 saturated carbocycles. The molecule has 0 rings (SSSR count). The maximum absolute atomic E-state index is 10.9. The second-order valence-corrected chi connectivity index (χ2v) is 8.34. The largest absolute Gasteiger partial charge is 0.469 e. The highest BCUT2D eigenvalue weighted by Crippen LogP contribution is 2.13. The number of hydrogen-bond acceptors (Lipinski definition) is 2. The number of rotatable bonds is 20. The molecular weight excluding hydrogens is 344 g/mol. The molecule has 170 valence electrons. The second kappa shape index (κ2) is 28.7. The van der Waals surface area contributed by atoms with E-state index in [1.165, 1.54) is 129 Å². The summed E-state index contributed by atoms with van der Waals surface area (Å²) < 4.78 is 4.63. The number of unbranched alkanes of at least 4 members (excludes halogenated alkanes) is 18. The Kier molecular flexibility index (Phi) is 30.4. The molecule has 28 heavy (non-hydrogen) atoms. The number of carbonyl (C=O) groups is 1. The van der Waals surface area contributed by atoms with Crippen molar-refractivity contribution in [2.75, 3.05) is 7.11 Å². The number of carbonyl (C=O) groups excluding carboxylic acids is 1. The van der Waals surface area contributed by atoms with E-state index in [4.69, 9.17) is 0 Å². The van der Waals surface area contributed by atoms with Gasteiger partial charge in [-0.1, -0.05) is 143 Å². The number of ether oxygens (including phenoxy) is 1. The van der Waals surface area contributed by atoms with Gasteiger partial charge in [0.1, 0.15) is 0 Å². The van der Waals surface area contributed by atoms with Gasteiger partial charge in [-0.3, -0.25) is 4.79 Å². The first-order valence-electron chi connectivity index (χ1n) is 12.8. The van der Waals surface area contributed by atoms with E-state index in [0.717, 1.165) is 6.42 Å². The molecule has 0 bridgehead atoms. The molecule has 0 aliphatic rings. The molecule has 2 heteroatoms. The summed E-state index contributed by atoms with van der Waals surface area (Å²) in [5.41, 5.74) is 0. The summed E-state index contributed by atoms with van der Waals surface area (Å²) in [5, 5.41) is 0. The molecule has 0 aliphatic heterocycles. The van der Waals surface area contributed by atoms with Gasteiger partial charge in [0.15, 0.2) is 0 Å². The highest BCUT2D eigenvalue weighted by molar-refractivity contribution is 5.68. The Labute approximate surface area is 178 Å². The van der Waals surface area contributed by atoms with Crippen LogP contribution in [0.4, 0.5) is 0 Å². The van der Waals surface area contributed by atoms with E-state index in [1.807, 2.05) is 0 Å². The molecular formula is C26H54O2. The molecule has 0 N–H and O–H groups in total. The molecule has 0 aliphatic carbocycles. The van der Waals surface area contributed by atoms with Crippen molar-refractivity contribution in [1.82, 2.24) is 0 Å². The number of hydrogen-bond donors (Lipinski definition) is 0. The first kappa shape index (κ1) is 29.7. The molecule has 2 nitrogen and oxygen atoms in total. The van der Waals surface area contributed by atoms with Crippen molar-refractivity contribution in [1.29, 1.82) is 0 Å². The van der Waals surface area contributed by atoms with Gasteiger partial charge in [0.05, 0.1) is 7.11 Å². The third kappa shape index (κ3) is 30.2. The zero-order valence-corrected chi connectivity index (χ0v) is 20.2. The normalized spacial score (nSPS) is 10.4. The molecule has 0 saturated heterocycles. The minimum Gasteiger partial charge on any atom is -0.469 e. The van der Waals surface area contributed by atoms with Gasteiger partial charge >= 0.3 is 5.97 Å². The van der Waals surface area contributed by atoms with Crippen LogP contribution >= 0.6 is 0 Å². The summed E-state index contributed by atoms with van der Waals surface area (Å²) in [6, 6.07) is 0. The predicted octanol–water partition coefficient (Wildman–Crippen LogP) is 9.40. The van der Waals surface area contributed by atoms with Gasteiger partial charge < -0.3 is 4.74 Å². The smallest absolute Gasteiger partial charge is 0.305 e. The molecule has 0 fully saturated rings. The Balaban J connectivity index is 0. The van der Waals surface area contributed by atoms with E-state index in [-0.39, 0.29) is 5.97 Å². The van der Waals surface area contributed by atoms with E-state index in [9.17, 15) is 4.79 Å². The van der Waals surface area contributed by atoms with Crippen molar-refractivity contribution in [3.8, 4) is 0 Å². The number of esters is 1. The highest BCUT2D eigenvalue weighted by atomic mass is 16.5. The molecule has 0 aromatic rings. The quantitative estimate of drug-likeness (QED) is 0.151. The lowest BCUT2D eigenvalue weighted by Crippen LogP contribution is -1.99. The van der Waals surface area contributed by atoms with Crippen LogP contribution in [-0.4, -0.2) is 13.1 Å². The van der Waals surface area contributed by atoms with Crippen LogP contribution in [0.5, 0.6) is 0 Å². The van der Waals surface area contributed by atoms with Gasteiger partial charge in [0.2, 0.25) is 0 Å². The Hall–Kier alpha value is -0.530. The van der Waals surface area contributed by atoms with Crippen LogP contribution in [0.25, 0.3) is 0 Å². The van der Waals surface area contributed by atoms with Crippen molar-refractivity contribution >= 4 is 5.97 Å². The van der Waals surface area contributed by atoms with Crippen LogP contribution in [0.2, 0.25) is 0 Å². The minimum atomic E-state index is -0.0651. The summed E-state index contributed by atoms with van der Waals surface area (Å²) >= 11 is 0. The van der Waals surface area contributed by atoms with Gasteiger partial charge in [0.25, 0.3) is 0 Å². The van der Waals surface area contributed by atoms with E-state index in [2.05, 4.69) is 25.5 Å². The third-order valence-electron chi connectivity index (χ3n) is 5.42. The maximum Gasteiger partial charge on any atom is 0.305 e. The van der Waals surface area contributed by atoms with Crippen molar-refractivity contribution < 1.29 is 9.53 Å². The van der Waals surface area contributed by atoms with Gasteiger partial charge in [-0.15, -0.1) is 0 Å². The fraction of sp³-hybridized carbons (Fsp3) is 0.962. The van der Waals surface area contributed by atoms with Crippen LogP contribution < -0.4 is 0 Å². The van der Waals surface area contributed by atoms with Crippen LogP contribution in [0.15, 0.2) is 0 Å². The summed E-state index contributed by atoms with van der Waals surface area (Å²) in [5.74, 6) is -0.0651. The fourth-order valence-electron chi connectivity index (χ4n) is 3.42. The molecule has 0 aromatic heterocycles. The molecule has 0 spiro atoms. The van der Waals surface area contributed by atoms with Gasteiger partial charge in [-0.2, -0.15) is 0 Å². The average Bonchev–Trinajstić information content (AvgIpc) is 2.71. The van der Waals surface area contributed by atoms with Gasteiger partial charge in [0, 0.05) is 6.42 Å². The van der Waals surface area contributed by atoms with E-state index in [0.29, 0.717) is 6.42 Å². The summed E-state index contributed by atoms with van der Waals surface area (Å²) in [6.45, 7) is 6.77. The Morgan fingerprint density at radius 3 is 1.00 bits per heavy atom. The van der Waals surface area contributed by atoms with Gasteiger partial charge in [-0.05, 0) is 6.42 Å². The predicted molar refractivity (Wildman–Crippen MR) is 126 cm³/mol. The Morgan fingerprint density at radius 1 is 0.464 bits per heavy atom. The molecule has 0 heterocycles. The van der Waals surface area contributed by atoms with Crippen molar-refractivity contribution in [3.63, 3.8) is 0 Å². The molecule has 0 aromatic carbocycles. The van der Waals surface area contributed by atoms with Crippen LogP contribution in [0.3, 0.4) is 0 Å². The number of methoxy groups -OCH3 is 1. The van der Waals surface area contributed by atoms with E-state index in [1.54, 1.807) is 0 Å². The lowest BCUT2D eigenvalue weighted by Gasteiger charge is -2.03. The lowest BCUT2D eigenvalue weighted by molar-refractivity contribution is -0.140. The first-order chi connectivity index (χ1) is 13.7. The second-order valence-electron chi connectivity index (χ2n) is 8.34. The zero-order chi connectivity index (χ0) is 21.1. The molecule has 0 amide bonds. The fourth-order valence-corrected chi connectivity index (χ4v) is 3.42. The average molecular weight is 399 g/mol. The zero-order valence-electron chi connectivity index (χ0n) is 20.2. The van der Waals surface area contributed by atoms with Crippen LogP contribution in [0.1, 0.15) is 156 Å². The SMILES string of the molecule is CCCCCCC.CCCCCCCCCCCCCCCCCC(=O)OC. The topological polar surface area (TPSA) is 26.3 Å². The standard InChI is InChI=1S/C19H38O2.C7H16/c1-3-4-5-6-7-8-9-10-11-12-13-14-15-16-17-18-19(20)21-2;1-3-5-7-6-4-2/h3-18H2,1-2H3;3-7H2,1-2H3. The Bertz CT molecular complexity index is 272. The Morgan fingerprint density at radius 2 is 0.714 bits per heavy atom. The van der Waals surface area contributed by atoms with E-state index < -0.39 is 0 Å². The highest BCUT2D eigenvalue weighted by Gasteiger charge is 1.99.